The molecule has 16 nitrogen and oxygen atoms in total. The molecule has 16 heteroatoms. The summed E-state index contributed by atoms with van der Waals surface area (Å²) in [6.45, 7) is 8.73. The quantitative estimate of drug-likeness (QED) is 0.0489. The highest BCUT2D eigenvalue weighted by Gasteiger charge is 2.29. The van der Waals surface area contributed by atoms with E-state index in [0.29, 0.717) is 0 Å². The minimum absolute atomic E-state index is 0.0884. The second-order valence-corrected chi connectivity index (χ2v) is 15.7. The molecule has 60 heavy (non-hydrogen) atoms. The van der Waals surface area contributed by atoms with E-state index >= 15 is 0 Å². The second kappa shape index (κ2) is 19.7. The largest absolute Gasteiger partial charge is 0.461 e. The van der Waals surface area contributed by atoms with Crippen molar-refractivity contribution in [3.05, 3.63) is 107 Å². The number of rotatable bonds is 16. The molecule has 5 rings (SSSR count). The molecule has 318 valence electrons. The number of alkyl carbamates (subject to hydrolysis) is 2. The molecular weight excluding hydrogens is 776 g/mol. The van der Waals surface area contributed by atoms with E-state index in [9.17, 15) is 28.8 Å². The molecule has 2 aromatic heterocycles. The minimum atomic E-state index is -1.13. The Morgan fingerprint density at radius 1 is 0.517 bits per heavy atom. The topological polar surface area (TPSA) is 213 Å². The maximum Gasteiger partial charge on any atom is 0.408 e. The lowest BCUT2D eigenvalue weighted by molar-refractivity contribution is -0.147. The van der Waals surface area contributed by atoms with Crippen molar-refractivity contribution in [2.45, 2.75) is 77.7 Å². The Bertz CT molecular complexity index is 2160. The summed E-state index contributed by atoms with van der Waals surface area (Å²) in [5, 5.41) is 6.88. The monoisotopic (exact) mass is 826 g/mol. The number of ether oxygens (including phenoxy) is 6. The van der Waals surface area contributed by atoms with Crippen molar-refractivity contribution in [3.8, 4) is 0 Å². The Hall–Kier alpha value is -6.84. The molecule has 0 saturated carbocycles. The summed E-state index contributed by atoms with van der Waals surface area (Å²) in [5.74, 6) is -3.34. The van der Waals surface area contributed by atoms with Crippen LogP contribution in [0.4, 0.5) is 9.59 Å². The lowest BCUT2D eigenvalue weighted by Gasteiger charge is -2.23. The molecule has 0 aliphatic rings. The van der Waals surface area contributed by atoms with Crippen LogP contribution >= 0.6 is 0 Å². The first kappa shape index (κ1) is 44.3. The van der Waals surface area contributed by atoms with Crippen molar-refractivity contribution in [1.82, 2.24) is 20.6 Å². The first-order chi connectivity index (χ1) is 28.5. The number of fused-ring (bicyclic) bond motifs is 2. The molecule has 2 heterocycles. The van der Waals surface area contributed by atoms with E-state index in [-0.39, 0.29) is 50.4 Å². The van der Waals surface area contributed by atoms with Crippen molar-refractivity contribution < 1.29 is 57.2 Å². The predicted molar refractivity (Wildman–Crippen MR) is 219 cm³/mol. The van der Waals surface area contributed by atoms with Crippen LogP contribution < -0.4 is 10.6 Å². The van der Waals surface area contributed by atoms with Gasteiger partial charge in [-0.05, 0) is 76.9 Å². The van der Waals surface area contributed by atoms with Gasteiger partial charge in [0.15, 0.2) is 0 Å². The first-order valence-corrected chi connectivity index (χ1v) is 19.3. The summed E-state index contributed by atoms with van der Waals surface area (Å²) in [6, 6.07) is 18.5. The fourth-order valence-corrected chi connectivity index (χ4v) is 6.08. The number of carbonyl (C=O) groups excluding carboxylic acids is 6. The molecule has 0 fully saturated rings. The van der Waals surface area contributed by atoms with Crippen LogP contribution in [-0.4, -0.2) is 95.7 Å². The average molecular weight is 827 g/mol. The van der Waals surface area contributed by atoms with Gasteiger partial charge in [0.2, 0.25) is 0 Å². The first-order valence-electron chi connectivity index (χ1n) is 19.3. The smallest absolute Gasteiger partial charge is 0.408 e. The van der Waals surface area contributed by atoms with Gasteiger partial charge in [-0.2, -0.15) is 0 Å². The number of esters is 4. The standard InChI is InChI=1S/C44H50N4O12/c1-43(2,3)59-41(53)47-35(23-27-25-45-33-17-11-9-13-29(27)33)39(51)57-21-19-55-37(49)31-15-7-8-16-32(31)38(50)56-20-22-58-40(52)36(48-42(54)60-44(4,5)6)24-28-26-46-34-18-12-10-14-30(28)34/h7-18,25-26,35-36,45-46H,19-24H2,1-6H3,(H,47,53)(H,48,54)/t35-,36-/m0/s1. The van der Waals surface area contributed by atoms with E-state index in [1.165, 1.54) is 24.3 Å². The summed E-state index contributed by atoms with van der Waals surface area (Å²) < 4.78 is 32.1. The lowest BCUT2D eigenvalue weighted by atomic mass is 10.1. The van der Waals surface area contributed by atoms with Gasteiger partial charge in [-0.15, -0.1) is 0 Å². The molecule has 0 saturated heterocycles. The van der Waals surface area contributed by atoms with Crippen molar-refractivity contribution in [2.24, 2.45) is 0 Å². The molecule has 0 unspecified atom stereocenters. The Kier molecular flexibility index (Phi) is 14.6. The van der Waals surface area contributed by atoms with Crippen LogP contribution in [0.25, 0.3) is 21.8 Å². The third-order valence-electron chi connectivity index (χ3n) is 8.64. The summed E-state index contributed by atoms with van der Waals surface area (Å²) in [6.07, 6.45) is 2.05. The van der Waals surface area contributed by atoms with Gasteiger partial charge in [0, 0.05) is 47.0 Å². The number of benzene rings is 3. The third-order valence-corrected chi connectivity index (χ3v) is 8.64. The van der Waals surface area contributed by atoms with Gasteiger partial charge in [-0.3, -0.25) is 0 Å². The van der Waals surface area contributed by atoms with Gasteiger partial charge < -0.3 is 49.0 Å². The summed E-state index contributed by atoms with van der Waals surface area (Å²) >= 11 is 0. The van der Waals surface area contributed by atoms with E-state index in [4.69, 9.17) is 28.4 Å². The van der Waals surface area contributed by atoms with Crippen molar-refractivity contribution in [3.63, 3.8) is 0 Å². The number of hydrogen-bond donors (Lipinski definition) is 4. The molecule has 2 atom stereocenters. The molecule has 5 aromatic rings. The molecule has 0 radical (unpaired) electrons. The van der Waals surface area contributed by atoms with Gasteiger partial charge >= 0.3 is 36.1 Å². The van der Waals surface area contributed by atoms with Gasteiger partial charge in [-0.1, -0.05) is 48.5 Å². The van der Waals surface area contributed by atoms with Gasteiger partial charge in [0.1, 0.15) is 49.7 Å². The second-order valence-electron chi connectivity index (χ2n) is 15.7. The van der Waals surface area contributed by atoms with Crippen molar-refractivity contribution >= 4 is 57.9 Å². The molecular formula is C44H50N4O12. The zero-order valence-corrected chi connectivity index (χ0v) is 34.4. The van der Waals surface area contributed by atoms with Crippen LogP contribution in [0.1, 0.15) is 73.4 Å². The zero-order chi connectivity index (χ0) is 43.5. The maximum atomic E-state index is 13.2. The summed E-state index contributed by atoms with van der Waals surface area (Å²) in [4.78, 5) is 84.2. The number of amides is 2. The Labute approximate surface area is 346 Å². The minimum Gasteiger partial charge on any atom is -0.461 e. The number of aromatic nitrogens is 2. The highest BCUT2D eigenvalue weighted by atomic mass is 16.6. The van der Waals surface area contributed by atoms with E-state index < -0.39 is 59.3 Å². The molecule has 2 amide bonds. The van der Waals surface area contributed by atoms with Crippen LogP contribution in [0, 0.1) is 0 Å². The maximum absolute atomic E-state index is 13.2. The Morgan fingerprint density at radius 3 is 1.25 bits per heavy atom. The molecule has 0 aliphatic carbocycles. The van der Waals surface area contributed by atoms with Gasteiger partial charge in [-0.25, -0.2) is 28.8 Å². The van der Waals surface area contributed by atoms with Gasteiger partial charge in [0.05, 0.1) is 11.1 Å². The van der Waals surface area contributed by atoms with Gasteiger partial charge in [0.25, 0.3) is 0 Å². The predicted octanol–water partition coefficient (Wildman–Crippen LogP) is 6.32. The molecule has 3 aromatic carbocycles. The number of aromatic amines is 2. The van der Waals surface area contributed by atoms with E-state index in [1.54, 1.807) is 53.9 Å². The van der Waals surface area contributed by atoms with Crippen LogP contribution in [0.3, 0.4) is 0 Å². The van der Waals surface area contributed by atoms with E-state index in [0.717, 1.165) is 32.9 Å². The summed E-state index contributed by atoms with van der Waals surface area (Å²) in [5.41, 5.74) is 1.38. The molecule has 0 bridgehead atoms. The average Bonchev–Trinajstić information content (AvgIpc) is 3.79. The number of para-hydroxylation sites is 2. The van der Waals surface area contributed by atoms with Crippen molar-refractivity contribution in [2.75, 3.05) is 26.4 Å². The Balaban J connectivity index is 1.12. The summed E-state index contributed by atoms with van der Waals surface area (Å²) in [7, 11) is 0. The third kappa shape index (κ3) is 12.8. The van der Waals surface area contributed by atoms with Crippen LogP contribution in [-0.2, 0) is 50.9 Å². The number of hydrogen-bond acceptors (Lipinski definition) is 12. The van der Waals surface area contributed by atoms with Crippen LogP contribution in [0.5, 0.6) is 0 Å². The van der Waals surface area contributed by atoms with Crippen molar-refractivity contribution in [1.29, 1.82) is 0 Å². The highest BCUT2D eigenvalue weighted by Crippen LogP contribution is 2.22. The number of carbonyl (C=O) groups is 6. The highest BCUT2D eigenvalue weighted by molar-refractivity contribution is 6.03. The normalized spacial score (nSPS) is 12.5. The van der Waals surface area contributed by atoms with Crippen LogP contribution in [0.15, 0.2) is 85.2 Å². The zero-order valence-electron chi connectivity index (χ0n) is 34.4. The van der Waals surface area contributed by atoms with E-state index in [1.807, 2.05) is 48.5 Å². The molecule has 0 aliphatic heterocycles. The lowest BCUT2D eigenvalue weighted by Crippen LogP contribution is -2.45. The molecule has 4 N–H and O–H groups in total. The molecule has 0 spiro atoms. The SMILES string of the molecule is CC(C)(C)OC(=O)N[C@@H](Cc1c[nH]c2ccccc12)C(=O)OCCOC(=O)c1ccccc1C(=O)OCCOC(=O)[C@H](Cc1c[nH]c2ccccc12)NC(=O)OC(C)(C)C. The fraction of sp³-hybridized carbons (Fsp3) is 0.364. The number of nitrogens with one attached hydrogen (secondary N) is 4. The fourth-order valence-electron chi connectivity index (χ4n) is 6.08. The van der Waals surface area contributed by atoms with Crippen LogP contribution in [0.2, 0.25) is 0 Å². The Morgan fingerprint density at radius 2 is 0.867 bits per heavy atom. The van der Waals surface area contributed by atoms with E-state index in [2.05, 4.69) is 20.6 Å². The number of H-pyrrole nitrogens is 2.